The van der Waals surface area contributed by atoms with Crippen LogP contribution in [0.4, 0.5) is 11.4 Å². The maximum absolute atomic E-state index is 11.7. The highest BCUT2D eigenvalue weighted by Gasteiger charge is 2.13. The first-order valence-corrected chi connectivity index (χ1v) is 7.16. The van der Waals surface area contributed by atoms with Crippen molar-refractivity contribution in [1.29, 1.82) is 0 Å². The second-order valence-electron chi connectivity index (χ2n) is 4.68. The zero-order valence-electron chi connectivity index (χ0n) is 11.5. The van der Waals surface area contributed by atoms with Crippen molar-refractivity contribution in [3.63, 3.8) is 0 Å². The van der Waals surface area contributed by atoms with Gasteiger partial charge in [-0.25, -0.2) is 0 Å². The number of carbonyl (C=O) groups excluding carboxylic acids is 1. The van der Waals surface area contributed by atoms with Crippen molar-refractivity contribution in [1.82, 2.24) is 5.32 Å². The predicted molar refractivity (Wildman–Crippen MR) is 81.8 cm³/mol. The van der Waals surface area contributed by atoms with Crippen molar-refractivity contribution in [2.45, 2.75) is 32.7 Å². The lowest BCUT2D eigenvalue weighted by Crippen LogP contribution is -2.24. The minimum absolute atomic E-state index is 0.0655. The average molecular weight is 344 g/mol. The van der Waals surface area contributed by atoms with Crippen LogP contribution in [-0.2, 0) is 4.79 Å². The molecule has 1 aromatic rings. The Morgan fingerprint density at radius 1 is 1.45 bits per heavy atom. The van der Waals surface area contributed by atoms with E-state index in [1.807, 2.05) is 13.8 Å². The summed E-state index contributed by atoms with van der Waals surface area (Å²) in [7, 11) is 0. The molecule has 0 saturated carbocycles. The summed E-state index contributed by atoms with van der Waals surface area (Å²) in [6.45, 7) is 4.85. The lowest BCUT2D eigenvalue weighted by molar-refractivity contribution is -0.385. The number of nitrogens with zero attached hydrogens (tertiary/aromatic N) is 1. The molecule has 1 rings (SSSR count). The van der Waals surface area contributed by atoms with Gasteiger partial charge in [-0.3, -0.25) is 14.9 Å². The number of nitrogens with one attached hydrogen (secondary N) is 2. The smallest absolute Gasteiger partial charge is 0.285 e. The van der Waals surface area contributed by atoms with Gasteiger partial charge in [0.2, 0.25) is 5.91 Å². The molecule has 0 atom stereocenters. The van der Waals surface area contributed by atoms with Gasteiger partial charge < -0.3 is 10.6 Å². The maximum Gasteiger partial charge on any atom is 0.285 e. The lowest BCUT2D eigenvalue weighted by Gasteiger charge is -2.08. The number of rotatable bonds is 7. The van der Waals surface area contributed by atoms with Crippen LogP contribution in [-0.4, -0.2) is 23.4 Å². The second-order valence-corrected chi connectivity index (χ2v) is 5.54. The molecule has 0 aliphatic carbocycles. The van der Waals surface area contributed by atoms with Crippen LogP contribution in [0.25, 0.3) is 0 Å². The van der Waals surface area contributed by atoms with E-state index in [0.29, 0.717) is 22.6 Å². The van der Waals surface area contributed by atoms with Crippen LogP contribution in [0.2, 0.25) is 0 Å². The Kier molecular flexibility index (Phi) is 6.60. The first-order chi connectivity index (χ1) is 9.40. The monoisotopic (exact) mass is 343 g/mol. The number of hydrogen-bond donors (Lipinski definition) is 2. The molecule has 0 aromatic heterocycles. The summed E-state index contributed by atoms with van der Waals surface area (Å²) in [5.41, 5.74) is 0.367. The minimum Gasteiger partial charge on any atom is -0.326 e. The van der Waals surface area contributed by atoms with E-state index in [4.69, 9.17) is 0 Å². The van der Waals surface area contributed by atoms with Crippen molar-refractivity contribution in [2.75, 3.05) is 11.9 Å². The van der Waals surface area contributed by atoms with Gasteiger partial charge in [0.1, 0.15) is 0 Å². The molecule has 0 fully saturated rings. The Labute approximate surface area is 126 Å². The third kappa shape index (κ3) is 5.66. The van der Waals surface area contributed by atoms with Crippen LogP contribution in [0, 0.1) is 10.1 Å². The average Bonchev–Trinajstić information content (AvgIpc) is 2.36. The van der Waals surface area contributed by atoms with E-state index >= 15 is 0 Å². The largest absolute Gasteiger partial charge is 0.326 e. The molecule has 6 nitrogen and oxygen atoms in total. The third-order valence-corrected chi connectivity index (χ3v) is 3.23. The number of hydrogen-bond acceptors (Lipinski definition) is 4. The van der Waals surface area contributed by atoms with E-state index in [0.717, 1.165) is 13.0 Å². The maximum atomic E-state index is 11.7. The zero-order chi connectivity index (χ0) is 15.1. The number of benzene rings is 1. The molecule has 0 spiro atoms. The van der Waals surface area contributed by atoms with Gasteiger partial charge in [0.15, 0.2) is 0 Å². The molecule has 0 radical (unpaired) electrons. The molecule has 0 aliphatic heterocycles. The number of halogens is 1. The number of amides is 1. The van der Waals surface area contributed by atoms with Crippen LogP contribution in [0.5, 0.6) is 0 Å². The van der Waals surface area contributed by atoms with Crippen LogP contribution in [0.3, 0.4) is 0 Å². The summed E-state index contributed by atoms with van der Waals surface area (Å²) in [6, 6.07) is 4.91. The molecule has 0 heterocycles. The highest BCUT2D eigenvalue weighted by atomic mass is 79.9. The summed E-state index contributed by atoms with van der Waals surface area (Å²) in [4.78, 5) is 22.0. The van der Waals surface area contributed by atoms with Gasteiger partial charge in [0, 0.05) is 24.2 Å². The van der Waals surface area contributed by atoms with E-state index in [9.17, 15) is 14.9 Å². The molecule has 7 heteroatoms. The van der Waals surface area contributed by atoms with Gasteiger partial charge in [0.25, 0.3) is 5.69 Å². The zero-order valence-corrected chi connectivity index (χ0v) is 13.1. The first kappa shape index (κ1) is 16.6. The van der Waals surface area contributed by atoms with Crippen molar-refractivity contribution in [2.24, 2.45) is 0 Å². The van der Waals surface area contributed by atoms with Crippen LogP contribution in [0.15, 0.2) is 22.7 Å². The molecule has 2 N–H and O–H groups in total. The van der Waals surface area contributed by atoms with Gasteiger partial charge in [-0.2, -0.15) is 0 Å². The molecule has 110 valence electrons. The van der Waals surface area contributed by atoms with Crippen LogP contribution >= 0.6 is 15.9 Å². The molecule has 20 heavy (non-hydrogen) atoms. The summed E-state index contributed by atoms with van der Waals surface area (Å²) >= 11 is 3.10. The molecule has 1 amide bonds. The van der Waals surface area contributed by atoms with E-state index in [1.165, 1.54) is 6.07 Å². The van der Waals surface area contributed by atoms with Crippen LogP contribution < -0.4 is 10.6 Å². The highest BCUT2D eigenvalue weighted by molar-refractivity contribution is 9.10. The Morgan fingerprint density at radius 3 is 2.75 bits per heavy atom. The van der Waals surface area contributed by atoms with Crippen molar-refractivity contribution in [3.05, 3.63) is 32.8 Å². The molecular weight excluding hydrogens is 326 g/mol. The molecule has 1 aromatic carbocycles. The van der Waals surface area contributed by atoms with E-state index in [-0.39, 0.29) is 11.6 Å². The van der Waals surface area contributed by atoms with Gasteiger partial charge in [-0.05, 0) is 41.0 Å². The fourth-order valence-electron chi connectivity index (χ4n) is 1.59. The van der Waals surface area contributed by atoms with Crippen molar-refractivity contribution >= 4 is 33.2 Å². The van der Waals surface area contributed by atoms with E-state index in [1.54, 1.807) is 12.1 Å². The summed E-state index contributed by atoms with van der Waals surface area (Å²) in [6.07, 6.45) is 1.10. The fourth-order valence-corrected chi connectivity index (χ4v) is 1.98. The Hall–Kier alpha value is -1.47. The summed E-state index contributed by atoms with van der Waals surface area (Å²) in [5, 5.41) is 16.7. The van der Waals surface area contributed by atoms with Gasteiger partial charge in [0.05, 0.1) is 9.40 Å². The standard InChI is InChI=1S/C13H18BrN3O3/c1-9(2)15-7-3-4-13(18)16-10-5-6-11(14)12(8-10)17(19)20/h5-6,8-9,15H,3-4,7H2,1-2H3,(H,16,18). The molecule has 0 saturated heterocycles. The SMILES string of the molecule is CC(C)NCCCC(=O)Nc1ccc(Br)c([N+](=O)[O-])c1. The van der Waals surface area contributed by atoms with Gasteiger partial charge in [-0.1, -0.05) is 13.8 Å². The lowest BCUT2D eigenvalue weighted by atomic mass is 10.2. The van der Waals surface area contributed by atoms with E-state index in [2.05, 4.69) is 26.6 Å². The molecule has 0 aliphatic rings. The first-order valence-electron chi connectivity index (χ1n) is 6.37. The third-order valence-electron chi connectivity index (χ3n) is 2.56. The number of carbonyl (C=O) groups is 1. The van der Waals surface area contributed by atoms with Crippen molar-refractivity contribution in [3.8, 4) is 0 Å². The Bertz CT molecular complexity index is 492. The summed E-state index contributed by atoms with van der Waals surface area (Å²) in [5.74, 6) is -0.146. The number of anilines is 1. The van der Waals surface area contributed by atoms with E-state index < -0.39 is 4.92 Å². The molecule has 0 bridgehead atoms. The molecular formula is C13H18BrN3O3. The number of nitro groups is 1. The quantitative estimate of drug-likeness (QED) is 0.452. The second kappa shape index (κ2) is 7.96. The summed E-state index contributed by atoms with van der Waals surface area (Å²) < 4.78 is 0.390. The predicted octanol–water partition coefficient (Wildman–Crippen LogP) is 3.07. The van der Waals surface area contributed by atoms with Gasteiger partial charge >= 0.3 is 0 Å². The van der Waals surface area contributed by atoms with Gasteiger partial charge in [-0.15, -0.1) is 0 Å². The number of nitro benzene ring substituents is 1. The fraction of sp³-hybridized carbons (Fsp3) is 0.462. The topological polar surface area (TPSA) is 84.3 Å². The van der Waals surface area contributed by atoms with Crippen LogP contribution in [0.1, 0.15) is 26.7 Å². The highest BCUT2D eigenvalue weighted by Crippen LogP contribution is 2.27. The molecule has 0 unspecified atom stereocenters. The Balaban J connectivity index is 2.50. The normalized spacial score (nSPS) is 10.6. The minimum atomic E-state index is -0.494. The Morgan fingerprint density at radius 2 is 2.15 bits per heavy atom. The van der Waals surface area contributed by atoms with Crippen molar-refractivity contribution < 1.29 is 9.72 Å².